The van der Waals surface area contributed by atoms with Crippen molar-refractivity contribution in [1.29, 1.82) is 0 Å². The van der Waals surface area contributed by atoms with Gasteiger partial charge in [-0.1, -0.05) is 27.7 Å². The number of rotatable bonds is 10. The third kappa shape index (κ3) is 8.55. The van der Waals surface area contributed by atoms with Crippen molar-refractivity contribution >= 4 is 20.4 Å². The topological polar surface area (TPSA) is 92.4 Å². The van der Waals surface area contributed by atoms with Crippen molar-refractivity contribution in [3.05, 3.63) is 0 Å². The SMILES string of the molecule is CO[Si](C)(C)C(C)CCN(C)C(=O)NC1CC(C)(C)CC(C)(CNC(=O)OCC2CO2)C1. The molecule has 2 aliphatic rings. The van der Waals surface area contributed by atoms with Crippen LogP contribution in [-0.2, 0) is 13.9 Å². The van der Waals surface area contributed by atoms with Gasteiger partial charge in [-0.25, -0.2) is 9.59 Å². The summed E-state index contributed by atoms with van der Waals surface area (Å²) < 4.78 is 16.0. The lowest BCUT2D eigenvalue weighted by Gasteiger charge is -2.47. The van der Waals surface area contributed by atoms with Crippen molar-refractivity contribution in [2.24, 2.45) is 10.8 Å². The summed E-state index contributed by atoms with van der Waals surface area (Å²) in [6.45, 7) is 15.5. The first kappa shape index (κ1) is 26.9. The summed E-state index contributed by atoms with van der Waals surface area (Å²) >= 11 is 0. The molecule has 0 bridgehead atoms. The molecule has 32 heavy (non-hydrogen) atoms. The van der Waals surface area contributed by atoms with E-state index in [0.717, 1.165) is 25.7 Å². The Balaban J connectivity index is 1.85. The monoisotopic (exact) mass is 471 g/mol. The molecule has 1 aliphatic heterocycles. The number of carbonyl (C=O) groups is 2. The number of carbonyl (C=O) groups excluding carboxylic acids is 2. The van der Waals surface area contributed by atoms with Crippen LogP contribution in [0.15, 0.2) is 0 Å². The molecule has 0 spiro atoms. The number of hydrogen-bond acceptors (Lipinski definition) is 5. The summed E-state index contributed by atoms with van der Waals surface area (Å²) in [5.74, 6) is 0. The van der Waals surface area contributed by atoms with Gasteiger partial charge in [-0.15, -0.1) is 0 Å². The van der Waals surface area contributed by atoms with E-state index in [2.05, 4.69) is 51.4 Å². The molecule has 8 nitrogen and oxygen atoms in total. The Bertz CT molecular complexity index is 656. The number of hydrogen-bond donors (Lipinski definition) is 2. The normalized spacial score (nSPS) is 27.9. The van der Waals surface area contributed by atoms with Crippen molar-refractivity contribution in [1.82, 2.24) is 15.5 Å². The molecule has 0 aromatic rings. The molecule has 186 valence electrons. The van der Waals surface area contributed by atoms with Crippen LogP contribution in [0.4, 0.5) is 9.59 Å². The summed E-state index contributed by atoms with van der Waals surface area (Å²) in [6.07, 6.45) is 3.31. The van der Waals surface area contributed by atoms with E-state index in [1.54, 1.807) is 12.0 Å². The van der Waals surface area contributed by atoms with E-state index in [1.807, 2.05) is 7.05 Å². The van der Waals surface area contributed by atoms with Gasteiger partial charge in [0.15, 0.2) is 8.32 Å². The minimum Gasteiger partial charge on any atom is -0.447 e. The molecule has 0 aromatic heterocycles. The van der Waals surface area contributed by atoms with Crippen LogP contribution in [-0.4, -0.2) is 77.9 Å². The first-order valence-corrected chi connectivity index (χ1v) is 14.8. The predicted molar refractivity (Wildman–Crippen MR) is 128 cm³/mol. The highest BCUT2D eigenvalue weighted by molar-refractivity contribution is 6.72. The van der Waals surface area contributed by atoms with Crippen LogP contribution in [0.3, 0.4) is 0 Å². The first-order chi connectivity index (χ1) is 14.8. The Hall–Kier alpha value is -1.32. The van der Waals surface area contributed by atoms with Gasteiger partial charge in [0.2, 0.25) is 0 Å². The molecule has 2 N–H and O–H groups in total. The van der Waals surface area contributed by atoms with E-state index < -0.39 is 14.4 Å². The summed E-state index contributed by atoms with van der Waals surface area (Å²) in [5, 5.41) is 6.16. The van der Waals surface area contributed by atoms with Gasteiger partial charge in [-0.2, -0.15) is 0 Å². The lowest BCUT2D eigenvalue weighted by molar-refractivity contribution is 0.0672. The molecule has 1 saturated heterocycles. The summed E-state index contributed by atoms with van der Waals surface area (Å²) in [4.78, 5) is 26.7. The quantitative estimate of drug-likeness (QED) is 0.371. The second-order valence-electron chi connectivity index (χ2n) is 11.5. The van der Waals surface area contributed by atoms with Crippen molar-refractivity contribution in [2.75, 3.05) is 40.5 Å². The highest BCUT2D eigenvalue weighted by Gasteiger charge is 2.42. The predicted octanol–water partition coefficient (Wildman–Crippen LogP) is 3.97. The average Bonchev–Trinajstić information content (AvgIpc) is 3.51. The number of alkyl carbamates (subject to hydrolysis) is 1. The van der Waals surface area contributed by atoms with Gasteiger partial charge in [-0.05, 0) is 55.1 Å². The van der Waals surface area contributed by atoms with Gasteiger partial charge in [0.25, 0.3) is 0 Å². The van der Waals surface area contributed by atoms with Gasteiger partial charge >= 0.3 is 12.1 Å². The van der Waals surface area contributed by atoms with Crippen LogP contribution in [0.25, 0.3) is 0 Å². The van der Waals surface area contributed by atoms with E-state index in [0.29, 0.717) is 31.8 Å². The van der Waals surface area contributed by atoms with Crippen LogP contribution >= 0.6 is 0 Å². The fraction of sp³-hybridized carbons (Fsp3) is 0.913. The van der Waals surface area contributed by atoms with E-state index in [1.165, 1.54) is 0 Å². The molecular weight excluding hydrogens is 426 g/mol. The largest absolute Gasteiger partial charge is 0.447 e. The molecule has 0 aromatic carbocycles. The lowest BCUT2D eigenvalue weighted by Crippen LogP contribution is -2.52. The van der Waals surface area contributed by atoms with E-state index in [9.17, 15) is 9.59 Å². The van der Waals surface area contributed by atoms with Crippen LogP contribution < -0.4 is 10.6 Å². The maximum Gasteiger partial charge on any atom is 0.407 e. The molecule has 1 heterocycles. The Labute approximate surface area is 195 Å². The maximum atomic E-state index is 12.9. The number of ether oxygens (including phenoxy) is 2. The number of epoxide rings is 1. The fourth-order valence-electron chi connectivity index (χ4n) is 4.86. The van der Waals surface area contributed by atoms with E-state index in [4.69, 9.17) is 13.9 Å². The Morgan fingerprint density at radius 3 is 2.50 bits per heavy atom. The molecule has 0 radical (unpaired) electrons. The van der Waals surface area contributed by atoms with Crippen LogP contribution in [0, 0.1) is 10.8 Å². The molecule has 2 rings (SSSR count). The second kappa shape index (κ2) is 10.7. The van der Waals surface area contributed by atoms with E-state index in [-0.39, 0.29) is 29.0 Å². The smallest absolute Gasteiger partial charge is 0.407 e. The Kier molecular flexibility index (Phi) is 9.03. The van der Waals surface area contributed by atoms with E-state index >= 15 is 0 Å². The van der Waals surface area contributed by atoms with Gasteiger partial charge < -0.3 is 29.4 Å². The molecular formula is C23H45N3O5Si. The molecule has 1 saturated carbocycles. The highest BCUT2D eigenvalue weighted by Crippen LogP contribution is 2.45. The zero-order chi connectivity index (χ0) is 24.2. The van der Waals surface area contributed by atoms with Gasteiger partial charge in [-0.3, -0.25) is 0 Å². The van der Waals surface area contributed by atoms with Gasteiger partial charge in [0.05, 0.1) is 6.61 Å². The molecule has 9 heteroatoms. The fourth-order valence-corrected chi connectivity index (χ4v) is 6.09. The zero-order valence-electron chi connectivity index (χ0n) is 21.4. The third-order valence-corrected chi connectivity index (χ3v) is 10.9. The number of nitrogens with zero attached hydrogens (tertiary/aromatic N) is 1. The first-order valence-electron chi connectivity index (χ1n) is 11.8. The highest BCUT2D eigenvalue weighted by atomic mass is 28.4. The third-order valence-electron chi connectivity index (χ3n) is 7.19. The molecule has 4 atom stereocenters. The van der Waals surface area contributed by atoms with Crippen LogP contribution in [0.1, 0.15) is 53.4 Å². The minimum absolute atomic E-state index is 0.0315. The Morgan fingerprint density at radius 2 is 1.91 bits per heavy atom. The number of nitrogens with one attached hydrogen (secondary N) is 2. The molecule has 4 unspecified atom stereocenters. The standard InChI is InChI=1S/C23H45N3O5Si/c1-17(32(7,8)29-6)9-10-26(5)20(27)25-18-11-22(2,3)15-23(4,12-18)16-24-21(28)31-14-19-13-30-19/h17-19H,9-16H2,1-8H3,(H,24,28)(H,25,27). The maximum absolute atomic E-state index is 12.9. The number of urea groups is 1. The van der Waals surface area contributed by atoms with Crippen molar-refractivity contribution < 1.29 is 23.5 Å². The van der Waals surface area contributed by atoms with Crippen molar-refractivity contribution in [2.45, 2.75) is 84.2 Å². The van der Waals surface area contributed by atoms with Crippen molar-refractivity contribution in [3.63, 3.8) is 0 Å². The van der Waals surface area contributed by atoms with Gasteiger partial charge in [0, 0.05) is 33.3 Å². The molecule has 3 amide bonds. The lowest BCUT2D eigenvalue weighted by atomic mass is 9.62. The van der Waals surface area contributed by atoms with Gasteiger partial charge in [0.1, 0.15) is 12.7 Å². The van der Waals surface area contributed by atoms with Crippen LogP contribution in [0.2, 0.25) is 18.6 Å². The molecule has 2 fully saturated rings. The molecule has 1 aliphatic carbocycles. The van der Waals surface area contributed by atoms with Crippen LogP contribution in [0.5, 0.6) is 0 Å². The zero-order valence-corrected chi connectivity index (χ0v) is 22.4. The second-order valence-corrected chi connectivity index (χ2v) is 16.1. The van der Waals surface area contributed by atoms with Crippen molar-refractivity contribution in [3.8, 4) is 0 Å². The summed E-state index contributed by atoms with van der Waals surface area (Å²) in [5.41, 5.74) is 0.423. The average molecular weight is 472 g/mol. The summed E-state index contributed by atoms with van der Waals surface area (Å²) in [7, 11) is 1.95. The minimum atomic E-state index is -1.70. The summed E-state index contributed by atoms with van der Waals surface area (Å²) in [6, 6.07) is 0.0366. The number of amides is 3. The Morgan fingerprint density at radius 1 is 1.25 bits per heavy atom.